The minimum absolute atomic E-state index is 0.00973. The number of rotatable bonds is 4. The Morgan fingerprint density at radius 2 is 1.85 bits per heavy atom. The maximum absolute atomic E-state index is 12.4. The molecule has 0 spiro atoms. The van der Waals surface area contributed by atoms with Gasteiger partial charge in [0.2, 0.25) is 11.8 Å². The molecule has 0 unspecified atom stereocenters. The van der Waals surface area contributed by atoms with E-state index in [4.69, 9.17) is 4.74 Å². The molecule has 0 radical (unpaired) electrons. The van der Waals surface area contributed by atoms with Crippen LogP contribution >= 0.6 is 0 Å². The summed E-state index contributed by atoms with van der Waals surface area (Å²) in [7, 11) is 0. The second kappa shape index (κ2) is 7.26. The smallest absolute Gasteiger partial charge is 0.331 e. The summed E-state index contributed by atoms with van der Waals surface area (Å²) in [6.07, 6.45) is 0. The van der Waals surface area contributed by atoms with Crippen molar-refractivity contribution in [2.45, 2.75) is 13.8 Å². The third-order valence-corrected chi connectivity index (χ3v) is 3.80. The zero-order valence-corrected chi connectivity index (χ0v) is 14.5. The van der Waals surface area contributed by atoms with Gasteiger partial charge >= 0.3 is 5.97 Å². The largest absolute Gasteiger partial charge is 0.423 e. The van der Waals surface area contributed by atoms with Crippen molar-refractivity contribution in [1.82, 2.24) is 0 Å². The number of carbonyl (C=O) groups excluding carboxylic acids is 3. The molecular weight excluding hydrogens is 334 g/mol. The van der Waals surface area contributed by atoms with Gasteiger partial charge < -0.3 is 20.3 Å². The Morgan fingerprint density at radius 3 is 2.58 bits per heavy atom. The van der Waals surface area contributed by atoms with Gasteiger partial charge in [0.15, 0.2) is 5.75 Å². The van der Waals surface area contributed by atoms with Crippen LogP contribution in [0.25, 0.3) is 0 Å². The minimum atomic E-state index is -0.401. The molecule has 0 atom stereocenters. The van der Waals surface area contributed by atoms with Crippen LogP contribution in [0.3, 0.4) is 0 Å². The molecular formula is C19H19N3O4. The van der Waals surface area contributed by atoms with Crippen molar-refractivity contribution in [3.05, 3.63) is 48.0 Å². The lowest BCUT2D eigenvalue weighted by molar-refractivity contribution is -0.133. The fourth-order valence-corrected chi connectivity index (χ4v) is 2.75. The first kappa shape index (κ1) is 17.5. The number of ether oxygens (including phenoxy) is 1. The van der Waals surface area contributed by atoms with Crippen molar-refractivity contribution in [1.29, 1.82) is 0 Å². The summed E-state index contributed by atoms with van der Waals surface area (Å²) in [6, 6.07) is 12.3. The van der Waals surface area contributed by atoms with Crippen molar-refractivity contribution in [2.75, 3.05) is 28.6 Å². The quantitative estimate of drug-likeness (QED) is 0.651. The number of benzene rings is 2. The second-order valence-corrected chi connectivity index (χ2v) is 6.11. The number of nitrogens with one attached hydrogen (secondary N) is 2. The average molecular weight is 353 g/mol. The molecule has 0 saturated heterocycles. The van der Waals surface area contributed by atoms with E-state index in [0.29, 0.717) is 22.8 Å². The highest BCUT2D eigenvalue weighted by molar-refractivity contribution is 5.97. The molecule has 1 aliphatic rings. The third-order valence-electron chi connectivity index (χ3n) is 3.80. The average Bonchev–Trinajstić information content (AvgIpc) is 2.55. The number of anilines is 3. The van der Waals surface area contributed by atoms with Gasteiger partial charge in [-0.05, 0) is 42.8 Å². The Hall–Kier alpha value is -3.35. The van der Waals surface area contributed by atoms with Crippen molar-refractivity contribution in [2.24, 2.45) is 0 Å². The Balaban J connectivity index is 1.72. The number of hydrogen-bond acceptors (Lipinski definition) is 5. The zero-order chi connectivity index (χ0) is 18.7. The summed E-state index contributed by atoms with van der Waals surface area (Å²) >= 11 is 0. The van der Waals surface area contributed by atoms with E-state index in [1.54, 1.807) is 35.2 Å². The van der Waals surface area contributed by atoms with Gasteiger partial charge in [-0.1, -0.05) is 12.1 Å². The monoisotopic (exact) mass is 353 g/mol. The van der Waals surface area contributed by atoms with E-state index in [2.05, 4.69) is 10.6 Å². The van der Waals surface area contributed by atoms with Gasteiger partial charge in [-0.3, -0.25) is 9.59 Å². The van der Waals surface area contributed by atoms with E-state index in [0.717, 1.165) is 5.56 Å². The van der Waals surface area contributed by atoms with Crippen LogP contribution in [0.2, 0.25) is 0 Å². The summed E-state index contributed by atoms with van der Waals surface area (Å²) in [4.78, 5) is 37.0. The Morgan fingerprint density at radius 1 is 1.12 bits per heavy atom. The zero-order valence-electron chi connectivity index (χ0n) is 14.5. The highest BCUT2D eigenvalue weighted by Crippen LogP contribution is 2.32. The molecule has 7 heteroatoms. The Bertz CT molecular complexity index is 879. The number of carbonyl (C=O) groups is 3. The Labute approximate surface area is 150 Å². The van der Waals surface area contributed by atoms with Crippen LogP contribution in [0.1, 0.15) is 12.5 Å². The molecule has 134 valence electrons. The lowest BCUT2D eigenvalue weighted by Gasteiger charge is -2.29. The molecule has 7 nitrogen and oxygen atoms in total. The number of esters is 1. The highest BCUT2D eigenvalue weighted by Gasteiger charge is 2.25. The highest BCUT2D eigenvalue weighted by atomic mass is 16.5. The first-order valence-electron chi connectivity index (χ1n) is 8.14. The number of amides is 2. The molecule has 2 N–H and O–H groups in total. The van der Waals surface area contributed by atoms with E-state index in [-0.39, 0.29) is 24.9 Å². The Kier molecular flexibility index (Phi) is 4.88. The van der Waals surface area contributed by atoms with Crippen LogP contribution in [-0.2, 0) is 14.4 Å². The van der Waals surface area contributed by atoms with Crippen LogP contribution in [0, 0.1) is 6.92 Å². The minimum Gasteiger partial charge on any atom is -0.423 e. The molecule has 0 bridgehead atoms. The summed E-state index contributed by atoms with van der Waals surface area (Å²) in [5, 5.41) is 5.44. The van der Waals surface area contributed by atoms with Crippen molar-refractivity contribution in [3.8, 4) is 5.75 Å². The van der Waals surface area contributed by atoms with E-state index >= 15 is 0 Å². The predicted molar refractivity (Wildman–Crippen MR) is 98.4 cm³/mol. The van der Waals surface area contributed by atoms with Crippen LogP contribution in [-0.4, -0.2) is 30.9 Å². The molecule has 1 aliphatic heterocycles. The molecule has 0 fully saturated rings. The summed E-state index contributed by atoms with van der Waals surface area (Å²) < 4.78 is 5.22. The normalized spacial score (nSPS) is 12.8. The van der Waals surface area contributed by atoms with Crippen LogP contribution < -0.4 is 20.3 Å². The first-order chi connectivity index (χ1) is 12.4. The summed E-state index contributed by atoms with van der Waals surface area (Å²) in [5.74, 6) is -0.409. The van der Waals surface area contributed by atoms with Crippen LogP contribution in [0.15, 0.2) is 42.5 Å². The molecule has 3 rings (SSSR count). The van der Waals surface area contributed by atoms with E-state index < -0.39 is 5.97 Å². The maximum atomic E-state index is 12.4. The molecule has 0 saturated carbocycles. The van der Waals surface area contributed by atoms with Gasteiger partial charge in [0.25, 0.3) is 0 Å². The predicted octanol–water partition coefficient (Wildman–Crippen LogP) is 2.32. The summed E-state index contributed by atoms with van der Waals surface area (Å²) in [6.45, 7) is 3.37. The molecule has 26 heavy (non-hydrogen) atoms. The summed E-state index contributed by atoms with van der Waals surface area (Å²) in [5.41, 5.74) is 2.88. The third kappa shape index (κ3) is 4.18. The number of aryl methyl sites for hydroxylation is 1. The van der Waals surface area contributed by atoms with Crippen molar-refractivity contribution < 1.29 is 19.1 Å². The van der Waals surface area contributed by atoms with Gasteiger partial charge in [-0.15, -0.1) is 0 Å². The lowest BCUT2D eigenvalue weighted by Crippen LogP contribution is -2.41. The fourth-order valence-electron chi connectivity index (χ4n) is 2.75. The van der Waals surface area contributed by atoms with Gasteiger partial charge in [-0.25, -0.2) is 4.79 Å². The molecule has 0 aliphatic carbocycles. The van der Waals surface area contributed by atoms with E-state index in [1.807, 2.05) is 19.1 Å². The van der Waals surface area contributed by atoms with E-state index in [1.165, 1.54) is 6.92 Å². The van der Waals surface area contributed by atoms with Gasteiger partial charge in [0, 0.05) is 18.3 Å². The molecule has 1 heterocycles. The van der Waals surface area contributed by atoms with Gasteiger partial charge in [0.1, 0.15) is 6.54 Å². The van der Waals surface area contributed by atoms with E-state index in [9.17, 15) is 14.4 Å². The molecule has 2 aromatic rings. The standard InChI is InChI=1S/C19H19N3O4/c1-12-6-7-17-16(8-12)22(11-19(25)26-17)10-18(24)21-15-5-3-4-14(9-15)20-13(2)23/h3-9H,10-11H2,1-2H3,(H,20,23)(H,21,24). The SMILES string of the molecule is CC(=O)Nc1cccc(NC(=O)CN2CC(=O)Oc3ccc(C)cc32)c1. The van der Waals surface area contributed by atoms with Crippen molar-refractivity contribution >= 4 is 34.8 Å². The molecule has 0 aromatic heterocycles. The topological polar surface area (TPSA) is 87.7 Å². The van der Waals surface area contributed by atoms with Gasteiger partial charge in [-0.2, -0.15) is 0 Å². The second-order valence-electron chi connectivity index (χ2n) is 6.11. The van der Waals surface area contributed by atoms with Gasteiger partial charge in [0.05, 0.1) is 12.2 Å². The molecule has 2 aromatic carbocycles. The van der Waals surface area contributed by atoms with Crippen LogP contribution in [0.4, 0.5) is 17.1 Å². The first-order valence-corrected chi connectivity index (χ1v) is 8.14. The lowest BCUT2D eigenvalue weighted by atomic mass is 10.1. The van der Waals surface area contributed by atoms with Crippen LogP contribution in [0.5, 0.6) is 5.75 Å². The number of fused-ring (bicyclic) bond motifs is 1. The molecule has 2 amide bonds. The number of hydrogen-bond donors (Lipinski definition) is 2. The number of nitrogens with zero attached hydrogens (tertiary/aromatic N) is 1. The fraction of sp³-hybridized carbons (Fsp3) is 0.211. The maximum Gasteiger partial charge on any atom is 0.331 e. The van der Waals surface area contributed by atoms with Crippen molar-refractivity contribution in [3.63, 3.8) is 0 Å².